The number of nitrogen functional groups attached to an aromatic ring is 1. The highest BCUT2D eigenvalue weighted by Gasteiger charge is 2.19. The molecule has 2 heterocycles. The Kier molecular flexibility index (Phi) is 2.42. The van der Waals surface area contributed by atoms with Gasteiger partial charge in [-0.25, -0.2) is 4.39 Å². The number of aromatic nitrogens is 1. The van der Waals surface area contributed by atoms with Crippen LogP contribution in [0.4, 0.5) is 10.1 Å². The van der Waals surface area contributed by atoms with Gasteiger partial charge in [0.05, 0.1) is 40.5 Å². The summed E-state index contributed by atoms with van der Waals surface area (Å²) in [6.45, 7) is 0.994. The molecular weight excluding hydrogens is 243 g/mol. The number of rotatable bonds is 0. The maximum atomic E-state index is 13.8. The van der Waals surface area contributed by atoms with Gasteiger partial charge in [0.1, 0.15) is 5.82 Å². The third kappa shape index (κ3) is 1.56. The number of halogens is 2. The second-order valence-corrected chi connectivity index (χ2v) is 4.41. The molecule has 0 amide bonds. The van der Waals surface area contributed by atoms with Gasteiger partial charge in [-0.15, -0.1) is 0 Å². The highest BCUT2D eigenvalue weighted by Crippen LogP contribution is 2.34. The Morgan fingerprint density at radius 2 is 2.24 bits per heavy atom. The Morgan fingerprint density at radius 3 is 3.06 bits per heavy atom. The van der Waals surface area contributed by atoms with Crippen LogP contribution in [0.2, 0.25) is 5.02 Å². The van der Waals surface area contributed by atoms with Crippen LogP contribution in [0.25, 0.3) is 10.9 Å². The Balaban J connectivity index is 2.44. The summed E-state index contributed by atoms with van der Waals surface area (Å²) in [5, 5.41) is 0.712. The van der Waals surface area contributed by atoms with Crippen molar-refractivity contribution in [3.63, 3.8) is 0 Å². The van der Waals surface area contributed by atoms with E-state index in [9.17, 15) is 4.39 Å². The molecule has 1 aliphatic heterocycles. The number of nitrogens with two attached hydrogens (primary N) is 1. The van der Waals surface area contributed by atoms with Crippen molar-refractivity contribution in [1.29, 1.82) is 0 Å². The fourth-order valence-electron chi connectivity index (χ4n) is 2.13. The van der Waals surface area contributed by atoms with E-state index in [2.05, 4.69) is 4.98 Å². The van der Waals surface area contributed by atoms with Crippen molar-refractivity contribution in [3.8, 4) is 0 Å². The van der Waals surface area contributed by atoms with Gasteiger partial charge < -0.3 is 10.5 Å². The van der Waals surface area contributed by atoms with E-state index in [-0.39, 0.29) is 0 Å². The SMILES string of the molecule is Nc1c2c(nc3c(Cl)ccc(F)c13)CCOC2. The van der Waals surface area contributed by atoms with Crippen molar-refractivity contribution in [2.75, 3.05) is 12.3 Å². The minimum absolute atomic E-state index is 0.293. The van der Waals surface area contributed by atoms with Gasteiger partial charge in [0, 0.05) is 12.0 Å². The predicted molar refractivity (Wildman–Crippen MR) is 64.5 cm³/mol. The number of hydrogen-bond donors (Lipinski definition) is 1. The van der Waals surface area contributed by atoms with Crippen LogP contribution in [-0.4, -0.2) is 11.6 Å². The standard InChI is InChI=1S/C12H10ClFN2O/c13-7-1-2-8(14)10-11(15)6-5-17-4-3-9(6)16-12(7)10/h1-2H,3-5H2,(H2,15,16). The van der Waals surface area contributed by atoms with Gasteiger partial charge in [0.25, 0.3) is 0 Å². The summed E-state index contributed by atoms with van der Waals surface area (Å²) in [5.74, 6) is -0.400. The summed E-state index contributed by atoms with van der Waals surface area (Å²) in [7, 11) is 0. The molecule has 1 aromatic heterocycles. The quantitative estimate of drug-likeness (QED) is 0.784. The molecule has 2 aromatic rings. The third-order valence-corrected chi connectivity index (χ3v) is 3.30. The number of hydrogen-bond acceptors (Lipinski definition) is 3. The first-order valence-electron chi connectivity index (χ1n) is 5.31. The lowest BCUT2D eigenvalue weighted by molar-refractivity contribution is 0.110. The molecule has 5 heteroatoms. The van der Waals surface area contributed by atoms with Crippen LogP contribution in [0.5, 0.6) is 0 Å². The van der Waals surface area contributed by atoms with Crippen molar-refractivity contribution in [2.24, 2.45) is 0 Å². The van der Waals surface area contributed by atoms with Crippen LogP contribution in [0.3, 0.4) is 0 Å². The highest BCUT2D eigenvalue weighted by molar-refractivity contribution is 6.35. The lowest BCUT2D eigenvalue weighted by Gasteiger charge is -2.19. The van der Waals surface area contributed by atoms with Crippen molar-refractivity contribution < 1.29 is 9.13 Å². The molecule has 0 unspecified atom stereocenters. The predicted octanol–water partition coefficient (Wildman–Crippen LogP) is 2.68. The molecule has 0 radical (unpaired) electrons. The monoisotopic (exact) mass is 252 g/mol. The molecule has 1 aromatic carbocycles. The van der Waals surface area contributed by atoms with Crippen LogP contribution in [-0.2, 0) is 17.8 Å². The lowest BCUT2D eigenvalue weighted by atomic mass is 10.0. The molecule has 1 aliphatic rings. The van der Waals surface area contributed by atoms with Crippen LogP contribution >= 0.6 is 11.6 Å². The first-order chi connectivity index (χ1) is 8.18. The summed E-state index contributed by atoms with van der Waals surface area (Å²) in [6, 6.07) is 2.80. The topological polar surface area (TPSA) is 48.1 Å². The fraction of sp³-hybridized carbons (Fsp3) is 0.250. The maximum Gasteiger partial charge on any atom is 0.134 e. The van der Waals surface area contributed by atoms with Crippen molar-refractivity contribution in [2.45, 2.75) is 13.0 Å². The molecule has 0 fully saturated rings. The Hall–Kier alpha value is -1.39. The van der Waals surface area contributed by atoms with Crippen LogP contribution in [0.1, 0.15) is 11.3 Å². The number of nitrogens with zero attached hydrogens (tertiary/aromatic N) is 1. The van der Waals surface area contributed by atoms with E-state index < -0.39 is 5.82 Å². The van der Waals surface area contributed by atoms with E-state index in [0.29, 0.717) is 41.2 Å². The minimum Gasteiger partial charge on any atom is -0.398 e. The molecule has 88 valence electrons. The van der Waals surface area contributed by atoms with E-state index in [1.54, 1.807) is 0 Å². The fourth-order valence-corrected chi connectivity index (χ4v) is 2.33. The number of fused-ring (bicyclic) bond motifs is 2. The van der Waals surface area contributed by atoms with Crippen LogP contribution in [0, 0.1) is 5.82 Å². The van der Waals surface area contributed by atoms with E-state index in [1.807, 2.05) is 0 Å². The molecule has 0 aliphatic carbocycles. The minimum atomic E-state index is -0.400. The zero-order chi connectivity index (χ0) is 12.0. The largest absolute Gasteiger partial charge is 0.398 e. The first kappa shape index (κ1) is 10.7. The first-order valence-corrected chi connectivity index (χ1v) is 5.69. The second kappa shape index (κ2) is 3.82. The third-order valence-electron chi connectivity index (χ3n) is 3.00. The molecule has 0 saturated carbocycles. The van der Waals surface area contributed by atoms with E-state index in [4.69, 9.17) is 22.1 Å². The lowest BCUT2D eigenvalue weighted by Crippen LogP contribution is -2.14. The van der Waals surface area contributed by atoms with Gasteiger partial charge in [-0.1, -0.05) is 11.6 Å². The molecule has 17 heavy (non-hydrogen) atoms. The van der Waals surface area contributed by atoms with Crippen molar-refractivity contribution in [3.05, 3.63) is 34.2 Å². The van der Waals surface area contributed by atoms with Gasteiger partial charge in [-0.05, 0) is 12.1 Å². The molecule has 0 atom stereocenters. The molecule has 3 nitrogen and oxygen atoms in total. The average Bonchev–Trinajstić information content (AvgIpc) is 2.34. The number of anilines is 1. The summed E-state index contributed by atoms with van der Waals surface area (Å²) >= 11 is 6.03. The Labute approximate surface area is 102 Å². The molecule has 2 N–H and O–H groups in total. The smallest absolute Gasteiger partial charge is 0.134 e. The molecule has 0 bridgehead atoms. The zero-order valence-electron chi connectivity index (χ0n) is 8.96. The summed E-state index contributed by atoms with van der Waals surface area (Å²) in [6.07, 6.45) is 0.683. The molecular formula is C12H10ClFN2O. The van der Waals surface area contributed by atoms with Crippen LogP contribution in [0.15, 0.2) is 12.1 Å². The van der Waals surface area contributed by atoms with Gasteiger partial charge >= 0.3 is 0 Å². The van der Waals surface area contributed by atoms with E-state index >= 15 is 0 Å². The van der Waals surface area contributed by atoms with Gasteiger partial charge in [0.2, 0.25) is 0 Å². The number of pyridine rings is 1. The van der Waals surface area contributed by atoms with Gasteiger partial charge in [-0.3, -0.25) is 4.98 Å². The highest BCUT2D eigenvalue weighted by atomic mass is 35.5. The number of benzene rings is 1. The Morgan fingerprint density at radius 1 is 1.41 bits per heavy atom. The van der Waals surface area contributed by atoms with E-state index in [1.165, 1.54) is 12.1 Å². The molecule has 3 rings (SSSR count). The number of ether oxygens (including phenoxy) is 1. The zero-order valence-corrected chi connectivity index (χ0v) is 9.72. The normalized spacial score (nSPS) is 14.9. The van der Waals surface area contributed by atoms with Gasteiger partial charge in [-0.2, -0.15) is 0 Å². The molecule has 0 spiro atoms. The maximum absolute atomic E-state index is 13.8. The van der Waals surface area contributed by atoms with Crippen LogP contribution < -0.4 is 5.73 Å². The summed E-state index contributed by atoms with van der Waals surface area (Å²) in [4.78, 5) is 4.40. The summed E-state index contributed by atoms with van der Waals surface area (Å²) < 4.78 is 19.1. The van der Waals surface area contributed by atoms with Crippen molar-refractivity contribution in [1.82, 2.24) is 4.98 Å². The van der Waals surface area contributed by atoms with Crippen molar-refractivity contribution >= 4 is 28.2 Å². The summed E-state index contributed by atoms with van der Waals surface area (Å²) in [5.41, 5.74) is 8.46. The second-order valence-electron chi connectivity index (χ2n) is 4.01. The van der Waals surface area contributed by atoms with Gasteiger partial charge in [0.15, 0.2) is 0 Å². The molecule has 0 saturated heterocycles. The average molecular weight is 253 g/mol. The Bertz CT molecular complexity index is 615. The van der Waals surface area contributed by atoms with E-state index in [0.717, 1.165) is 11.3 Å².